The minimum atomic E-state index is -1.13. The van der Waals surface area contributed by atoms with Gasteiger partial charge in [0, 0.05) is 6.04 Å². The fourth-order valence-corrected chi connectivity index (χ4v) is 3.99. The molecule has 1 heterocycles. The molecule has 1 atom stereocenters. The Kier molecular flexibility index (Phi) is 5.82. The smallest absolute Gasteiger partial charge is 0.325 e. The number of imide groups is 1. The molecule has 1 unspecified atom stereocenters. The third-order valence-corrected chi connectivity index (χ3v) is 5.62. The fraction of sp³-hybridized carbons (Fsp3) is 0.571. The monoisotopic (exact) mass is 371 g/mol. The number of hydrogen-bond acceptors (Lipinski definition) is 3. The molecule has 0 spiro atoms. The molecule has 0 radical (unpaired) electrons. The molecule has 2 N–H and O–H groups in total. The second kappa shape index (κ2) is 8.11. The lowest BCUT2D eigenvalue weighted by Crippen LogP contribution is -2.45. The van der Waals surface area contributed by atoms with E-state index in [1.54, 1.807) is 6.92 Å². The number of aryl methyl sites for hydroxylation is 1. The predicted octanol–water partition coefficient (Wildman–Crippen LogP) is 2.86. The van der Waals surface area contributed by atoms with E-state index in [4.69, 9.17) is 0 Å². The van der Waals surface area contributed by atoms with E-state index in [-0.39, 0.29) is 24.4 Å². The Morgan fingerprint density at radius 3 is 2.48 bits per heavy atom. The van der Waals surface area contributed by atoms with Gasteiger partial charge >= 0.3 is 6.03 Å². The van der Waals surface area contributed by atoms with Crippen LogP contribution < -0.4 is 10.6 Å². The Balaban J connectivity index is 1.67. The maximum absolute atomic E-state index is 12.9. The third kappa shape index (κ3) is 4.15. The molecule has 3 rings (SSSR count). The van der Waals surface area contributed by atoms with Crippen LogP contribution in [-0.2, 0) is 21.5 Å². The van der Waals surface area contributed by atoms with Gasteiger partial charge in [-0.3, -0.25) is 14.5 Å². The van der Waals surface area contributed by atoms with Crippen LogP contribution in [0, 0.1) is 0 Å². The SMILES string of the molecule is CCCc1ccc(C2(C)NC(=O)N(CC(=O)NC3CCCCC3)C2=O)cc1. The third-order valence-electron chi connectivity index (χ3n) is 5.62. The van der Waals surface area contributed by atoms with E-state index in [1.165, 1.54) is 12.0 Å². The number of nitrogens with zero attached hydrogens (tertiary/aromatic N) is 1. The lowest BCUT2D eigenvalue weighted by atomic mass is 9.91. The maximum atomic E-state index is 12.9. The van der Waals surface area contributed by atoms with Crippen LogP contribution in [0.25, 0.3) is 0 Å². The molecule has 1 saturated heterocycles. The van der Waals surface area contributed by atoms with Crippen molar-refractivity contribution in [2.24, 2.45) is 0 Å². The van der Waals surface area contributed by atoms with Gasteiger partial charge < -0.3 is 10.6 Å². The minimum absolute atomic E-state index is 0.157. The summed E-state index contributed by atoms with van der Waals surface area (Å²) in [6, 6.07) is 7.39. The molecule has 2 fully saturated rings. The lowest BCUT2D eigenvalue weighted by molar-refractivity contribution is -0.135. The molecule has 27 heavy (non-hydrogen) atoms. The molecule has 1 aliphatic heterocycles. The Morgan fingerprint density at radius 2 is 1.85 bits per heavy atom. The van der Waals surface area contributed by atoms with Crippen LogP contribution in [0.4, 0.5) is 4.79 Å². The Hall–Kier alpha value is -2.37. The zero-order chi connectivity index (χ0) is 19.4. The van der Waals surface area contributed by atoms with E-state index in [2.05, 4.69) is 17.6 Å². The first-order chi connectivity index (χ1) is 12.9. The Labute approximate surface area is 160 Å². The molecule has 1 aromatic carbocycles. The maximum Gasteiger partial charge on any atom is 0.325 e. The zero-order valence-electron chi connectivity index (χ0n) is 16.2. The van der Waals surface area contributed by atoms with Gasteiger partial charge in [-0.1, -0.05) is 56.9 Å². The van der Waals surface area contributed by atoms with Crippen LogP contribution in [0.1, 0.15) is 63.5 Å². The highest BCUT2D eigenvalue weighted by Crippen LogP contribution is 2.29. The predicted molar refractivity (Wildman–Crippen MR) is 103 cm³/mol. The first-order valence-corrected chi connectivity index (χ1v) is 9.97. The fourth-order valence-electron chi connectivity index (χ4n) is 3.99. The number of urea groups is 1. The van der Waals surface area contributed by atoms with Crippen molar-refractivity contribution in [2.45, 2.75) is 70.4 Å². The van der Waals surface area contributed by atoms with Crippen molar-refractivity contribution < 1.29 is 14.4 Å². The largest absolute Gasteiger partial charge is 0.352 e. The van der Waals surface area contributed by atoms with Gasteiger partial charge in [-0.2, -0.15) is 0 Å². The van der Waals surface area contributed by atoms with Gasteiger partial charge in [0.1, 0.15) is 12.1 Å². The number of benzene rings is 1. The molecule has 6 heteroatoms. The van der Waals surface area contributed by atoms with Gasteiger partial charge in [0.2, 0.25) is 5.91 Å². The van der Waals surface area contributed by atoms with Crippen molar-refractivity contribution in [3.8, 4) is 0 Å². The number of carbonyl (C=O) groups excluding carboxylic acids is 3. The molecule has 146 valence electrons. The number of hydrogen-bond donors (Lipinski definition) is 2. The molecular weight excluding hydrogens is 342 g/mol. The second-order valence-corrected chi connectivity index (χ2v) is 7.80. The normalized spacial score (nSPS) is 23.4. The number of rotatable bonds is 6. The lowest BCUT2D eigenvalue weighted by Gasteiger charge is -2.24. The summed E-state index contributed by atoms with van der Waals surface area (Å²) in [5, 5.41) is 5.73. The summed E-state index contributed by atoms with van der Waals surface area (Å²) < 4.78 is 0. The van der Waals surface area contributed by atoms with Crippen molar-refractivity contribution in [3.05, 3.63) is 35.4 Å². The summed E-state index contributed by atoms with van der Waals surface area (Å²) in [7, 11) is 0. The average molecular weight is 371 g/mol. The summed E-state index contributed by atoms with van der Waals surface area (Å²) >= 11 is 0. The van der Waals surface area contributed by atoms with Gasteiger partial charge in [0.15, 0.2) is 0 Å². The van der Waals surface area contributed by atoms with E-state index >= 15 is 0 Å². The summed E-state index contributed by atoms with van der Waals surface area (Å²) in [6.07, 6.45) is 7.39. The topological polar surface area (TPSA) is 78.5 Å². The highest BCUT2D eigenvalue weighted by Gasteiger charge is 2.49. The summed E-state index contributed by atoms with van der Waals surface area (Å²) in [4.78, 5) is 38.7. The zero-order valence-corrected chi connectivity index (χ0v) is 16.2. The molecular formula is C21H29N3O3. The number of carbonyl (C=O) groups is 3. The highest BCUT2D eigenvalue weighted by molar-refractivity contribution is 6.09. The first kappa shape index (κ1) is 19.4. The average Bonchev–Trinajstić information content (AvgIpc) is 2.87. The summed E-state index contributed by atoms with van der Waals surface area (Å²) in [6.45, 7) is 3.58. The van der Waals surface area contributed by atoms with Gasteiger partial charge in [-0.15, -0.1) is 0 Å². The molecule has 4 amide bonds. The van der Waals surface area contributed by atoms with E-state index in [0.29, 0.717) is 0 Å². The highest BCUT2D eigenvalue weighted by atomic mass is 16.2. The summed E-state index contributed by atoms with van der Waals surface area (Å²) in [5.74, 6) is -0.650. The van der Waals surface area contributed by atoms with Crippen LogP contribution in [0.2, 0.25) is 0 Å². The Bertz CT molecular complexity index is 710. The van der Waals surface area contributed by atoms with E-state index in [9.17, 15) is 14.4 Å². The van der Waals surface area contributed by atoms with Crippen molar-refractivity contribution in [1.29, 1.82) is 0 Å². The van der Waals surface area contributed by atoms with Crippen molar-refractivity contribution in [3.63, 3.8) is 0 Å². The van der Waals surface area contributed by atoms with Gasteiger partial charge in [-0.05, 0) is 37.3 Å². The first-order valence-electron chi connectivity index (χ1n) is 9.97. The molecule has 1 saturated carbocycles. The number of nitrogens with one attached hydrogen (secondary N) is 2. The van der Waals surface area contributed by atoms with Crippen LogP contribution in [-0.4, -0.2) is 35.3 Å². The van der Waals surface area contributed by atoms with Crippen molar-refractivity contribution in [2.75, 3.05) is 6.54 Å². The van der Waals surface area contributed by atoms with Crippen molar-refractivity contribution in [1.82, 2.24) is 15.5 Å². The quantitative estimate of drug-likeness (QED) is 0.755. The van der Waals surface area contributed by atoms with E-state index in [0.717, 1.165) is 49.0 Å². The van der Waals surface area contributed by atoms with Crippen molar-refractivity contribution >= 4 is 17.8 Å². The molecule has 1 aliphatic carbocycles. The molecule has 0 aromatic heterocycles. The summed E-state index contributed by atoms with van der Waals surface area (Å²) in [5.41, 5.74) is 0.800. The molecule has 0 bridgehead atoms. The van der Waals surface area contributed by atoms with Crippen LogP contribution in [0.3, 0.4) is 0 Å². The minimum Gasteiger partial charge on any atom is -0.352 e. The van der Waals surface area contributed by atoms with E-state index < -0.39 is 11.6 Å². The molecule has 2 aliphatic rings. The van der Waals surface area contributed by atoms with Gasteiger partial charge in [0.25, 0.3) is 5.91 Å². The molecule has 1 aromatic rings. The molecule has 6 nitrogen and oxygen atoms in total. The second-order valence-electron chi connectivity index (χ2n) is 7.80. The number of amides is 4. The standard InChI is InChI=1S/C21H29N3O3/c1-3-7-15-10-12-16(13-11-15)21(2)19(26)24(20(27)23-21)14-18(25)22-17-8-5-4-6-9-17/h10-13,17H,3-9,14H2,1-2H3,(H,22,25)(H,23,27). The van der Waals surface area contributed by atoms with Gasteiger partial charge in [-0.25, -0.2) is 4.79 Å². The van der Waals surface area contributed by atoms with Gasteiger partial charge in [0.05, 0.1) is 0 Å². The van der Waals surface area contributed by atoms with E-state index in [1.807, 2.05) is 24.3 Å². The van der Waals surface area contributed by atoms with Crippen LogP contribution >= 0.6 is 0 Å². The Morgan fingerprint density at radius 1 is 1.19 bits per heavy atom. The van der Waals surface area contributed by atoms with Crippen LogP contribution in [0.15, 0.2) is 24.3 Å². The van der Waals surface area contributed by atoms with Crippen LogP contribution in [0.5, 0.6) is 0 Å².